The van der Waals surface area contributed by atoms with Crippen LogP contribution in [0.4, 0.5) is 0 Å². The zero-order valence-corrected chi connectivity index (χ0v) is 15.4. The molecule has 2 aromatic rings. The van der Waals surface area contributed by atoms with Gasteiger partial charge in [0.25, 0.3) is 10.0 Å². The molecule has 1 heterocycles. The van der Waals surface area contributed by atoms with Crippen molar-refractivity contribution >= 4 is 37.3 Å². The maximum Gasteiger partial charge on any atom is 0.252 e. The summed E-state index contributed by atoms with van der Waals surface area (Å²) in [6, 6.07) is 11.5. The van der Waals surface area contributed by atoms with E-state index in [1.807, 2.05) is 12.1 Å². The molecule has 0 spiro atoms. The van der Waals surface area contributed by atoms with E-state index >= 15 is 0 Å². The molecular formula is C15H18BrNO2S2. The van der Waals surface area contributed by atoms with Gasteiger partial charge in [-0.25, -0.2) is 8.42 Å². The molecule has 21 heavy (non-hydrogen) atoms. The van der Waals surface area contributed by atoms with Gasteiger partial charge in [-0.3, -0.25) is 0 Å². The topological polar surface area (TPSA) is 37.4 Å². The highest BCUT2D eigenvalue weighted by molar-refractivity contribution is 9.11. The zero-order chi connectivity index (χ0) is 15.6. The van der Waals surface area contributed by atoms with Gasteiger partial charge in [0, 0.05) is 13.6 Å². The molecule has 1 aromatic carbocycles. The molecule has 0 unspecified atom stereocenters. The number of rotatable bonds is 5. The molecule has 114 valence electrons. The highest BCUT2D eigenvalue weighted by Crippen LogP contribution is 2.28. The largest absolute Gasteiger partial charge is 0.252 e. The van der Waals surface area contributed by atoms with E-state index in [0.29, 0.717) is 16.7 Å². The summed E-state index contributed by atoms with van der Waals surface area (Å²) in [5.41, 5.74) is 2.24. The molecule has 0 saturated heterocycles. The van der Waals surface area contributed by atoms with Gasteiger partial charge in [0.1, 0.15) is 4.21 Å². The van der Waals surface area contributed by atoms with Crippen LogP contribution in [0.25, 0.3) is 0 Å². The number of hydrogen-bond acceptors (Lipinski definition) is 3. The summed E-state index contributed by atoms with van der Waals surface area (Å²) >= 11 is 4.52. The Morgan fingerprint density at radius 3 is 2.24 bits per heavy atom. The van der Waals surface area contributed by atoms with Crippen LogP contribution in [-0.4, -0.2) is 19.8 Å². The second kappa shape index (κ2) is 6.60. The van der Waals surface area contributed by atoms with Gasteiger partial charge in [-0.05, 0) is 45.1 Å². The first kappa shape index (κ1) is 16.7. The quantitative estimate of drug-likeness (QED) is 0.759. The smallest absolute Gasteiger partial charge is 0.206 e. The molecule has 0 saturated carbocycles. The Labute approximate surface area is 138 Å². The van der Waals surface area contributed by atoms with Crippen molar-refractivity contribution < 1.29 is 8.42 Å². The Bertz CT molecular complexity index is 706. The van der Waals surface area contributed by atoms with E-state index < -0.39 is 10.0 Å². The van der Waals surface area contributed by atoms with Crippen LogP contribution >= 0.6 is 27.3 Å². The average Bonchev–Trinajstić information content (AvgIpc) is 2.86. The predicted molar refractivity (Wildman–Crippen MR) is 91.2 cm³/mol. The third-order valence-electron chi connectivity index (χ3n) is 3.26. The highest BCUT2D eigenvalue weighted by Gasteiger charge is 2.22. The Kier molecular flexibility index (Phi) is 5.24. The molecule has 0 bridgehead atoms. The van der Waals surface area contributed by atoms with Crippen LogP contribution < -0.4 is 0 Å². The summed E-state index contributed by atoms with van der Waals surface area (Å²) in [5, 5.41) is 0. The molecule has 3 nitrogen and oxygen atoms in total. The molecule has 0 aliphatic heterocycles. The van der Waals surface area contributed by atoms with Crippen molar-refractivity contribution in [2.24, 2.45) is 0 Å². The Morgan fingerprint density at radius 1 is 1.14 bits per heavy atom. The zero-order valence-electron chi connectivity index (χ0n) is 12.2. The van der Waals surface area contributed by atoms with Gasteiger partial charge in [-0.15, -0.1) is 11.3 Å². The van der Waals surface area contributed by atoms with Crippen molar-refractivity contribution in [1.82, 2.24) is 4.31 Å². The van der Waals surface area contributed by atoms with Crippen molar-refractivity contribution in [1.29, 1.82) is 0 Å². The molecule has 0 aliphatic carbocycles. The average molecular weight is 388 g/mol. The number of benzene rings is 1. The van der Waals surface area contributed by atoms with Gasteiger partial charge in [-0.2, -0.15) is 4.31 Å². The van der Waals surface area contributed by atoms with Gasteiger partial charge in [0.2, 0.25) is 0 Å². The van der Waals surface area contributed by atoms with E-state index in [1.165, 1.54) is 21.2 Å². The Morgan fingerprint density at radius 2 is 1.76 bits per heavy atom. The molecule has 2 rings (SSSR count). The van der Waals surface area contributed by atoms with E-state index in [2.05, 4.69) is 41.9 Å². The number of halogens is 1. The second-order valence-electron chi connectivity index (χ2n) is 5.22. The summed E-state index contributed by atoms with van der Waals surface area (Å²) in [4.78, 5) is 0. The van der Waals surface area contributed by atoms with Crippen molar-refractivity contribution in [2.75, 3.05) is 7.05 Å². The lowest BCUT2D eigenvalue weighted by atomic mass is 10.0. The van der Waals surface area contributed by atoms with Gasteiger partial charge in [0.15, 0.2) is 0 Å². The normalized spacial score (nSPS) is 12.3. The second-order valence-corrected chi connectivity index (χ2v) is 9.95. The lowest BCUT2D eigenvalue weighted by Gasteiger charge is -2.16. The molecule has 0 radical (unpaired) electrons. The van der Waals surface area contributed by atoms with Crippen molar-refractivity contribution in [3.8, 4) is 0 Å². The minimum Gasteiger partial charge on any atom is -0.206 e. The SMILES string of the molecule is CC(C)c1ccc(CN(C)S(=O)(=O)c2ccc(Br)s2)cc1. The lowest BCUT2D eigenvalue weighted by molar-refractivity contribution is 0.468. The summed E-state index contributed by atoms with van der Waals surface area (Å²) in [6.07, 6.45) is 0. The van der Waals surface area contributed by atoms with Crippen LogP contribution in [0.1, 0.15) is 30.9 Å². The number of hydrogen-bond donors (Lipinski definition) is 0. The summed E-state index contributed by atoms with van der Waals surface area (Å²) in [5.74, 6) is 0.476. The van der Waals surface area contributed by atoms with Crippen molar-refractivity contribution in [3.05, 3.63) is 51.3 Å². The third kappa shape index (κ3) is 3.94. The maximum atomic E-state index is 12.4. The van der Waals surface area contributed by atoms with Crippen LogP contribution in [0, 0.1) is 0 Å². The van der Waals surface area contributed by atoms with E-state index in [-0.39, 0.29) is 0 Å². The summed E-state index contributed by atoms with van der Waals surface area (Å²) in [7, 11) is -1.81. The van der Waals surface area contributed by atoms with Gasteiger partial charge < -0.3 is 0 Å². The predicted octanol–water partition coefficient (Wildman–Crippen LogP) is 4.45. The molecule has 0 N–H and O–H groups in total. The molecule has 0 fully saturated rings. The summed E-state index contributed by atoms with van der Waals surface area (Å²) in [6.45, 7) is 4.65. The summed E-state index contributed by atoms with van der Waals surface area (Å²) < 4.78 is 27.4. The van der Waals surface area contributed by atoms with Gasteiger partial charge >= 0.3 is 0 Å². The number of thiophene rings is 1. The molecule has 6 heteroatoms. The number of sulfonamides is 1. The molecule has 0 atom stereocenters. The molecule has 0 aliphatic rings. The first-order valence-electron chi connectivity index (χ1n) is 6.61. The molecule has 0 amide bonds. The molecular weight excluding hydrogens is 370 g/mol. The fourth-order valence-electron chi connectivity index (χ4n) is 1.94. The van der Waals surface area contributed by atoms with E-state index in [1.54, 1.807) is 19.2 Å². The number of nitrogens with zero attached hydrogens (tertiary/aromatic N) is 1. The van der Waals surface area contributed by atoms with E-state index in [9.17, 15) is 8.42 Å². The van der Waals surface area contributed by atoms with Crippen LogP contribution in [0.3, 0.4) is 0 Å². The molecule has 1 aromatic heterocycles. The monoisotopic (exact) mass is 387 g/mol. The van der Waals surface area contributed by atoms with E-state index in [4.69, 9.17) is 0 Å². The van der Waals surface area contributed by atoms with Crippen LogP contribution in [-0.2, 0) is 16.6 Å². The fourth-order valence-corrected chi connectivity index (χ4v) is 5.32. The van der Waals surface area contributed by atoms with Crippen molar-refractivity contribution in [2.45, 2.75) is 30.5 Å². The third-order valence-corrected chi connectivity index (χ3v) is 7.16. The van der Waals surface area contributed by atoms with Crippen LogP contribution in [0.2, 0.25) is 0 Å². The standard InChI is InChI=1S/C15H18BrNO2S2/c1-11(2)13-6-4-12(5-7-13)10-17(3)21(18,19)15-9-8-14(16)20-15/h4-9,11H,10H2,1-3H3. The minimum absolute atomic E-state index is 0.357. The van der Waals surface area contributed by atoms with E-state index in [0.717, 1.165) is 9.35 Å². The van der Waals surface area contributed by atoms with Crippen molar-refractivity contribution in [3.63, 3.8) is 0 Å². The first-order chi connectivity index (χ1) is 9.80. The minimum atomic E-state index is -3.42. The fraction of sp³-hybridized carbons (Fsp3) is 0.333. The highest BCUT2D eigenvalue weighted by atomic mass is 79.9. The van der Waals surface area contributed by atoms with Gasteiger partial charge in [0.05, 0.1) is 3.79 Å². The lowest BCUT2D eigenvalue weighted by Crippen LogP contribution is -2.25. The maximum absolute atomic E-state index is 12.4. The Hall–Kier alpha value is -0.690. The van der Waals surface area contributed by atoms with Crippen LogP contribution in [0.5, 0.6) is 0 Å². The Balaban J connectivity index is 2.15. The van der Waals surface area contributed by atoms with Crippen LogP contribution in [0.15, 0.2) is 44.4 Å². The van der Waals surface area contributed by atoms with Gasteiger partial charge in [-0.1, -0.05) is 38.1 Å². The first-order valence-corrected chi connectivity index (χ1v) is 9.66.